The number of benzene rings is 1. The van der Waals surface area contributed by atoms with Crippen molar-refractivity contribution in [2.75, 3.05) is 26.2 Å². The van der Waals surface area contributed by atoms with Crippen molar-refractivity contribution in [3.63, 3.8) is 0 Å². The lowest BCUT2D eigenvalue weighted by atomic mass is 10.1. The SMILES string of the molecule is Clc1ccc2cccnc2c1CN1CCCC1CN1CCCC1. The smallest absolute Gasteiger partial charge is 0.0761 e. The second-order valence-corrected chi connectivity index (χ2v) is 7.28. The van der Waals surface area contributed by atoms with Crippen LogP contribution >= 0.6 is 11.6 Å². The van der Waals surface area contributed by atoms with E-state index in [9.17, 15) is 0 Å². The summed E-state index contributed by atoms with van der Waals surface area (Å²) in [5, 5.41) is 2.03. The van der Waals surface area contributed by atoms with Crippen LogP contribution in [0.25, 0.3) is 10.9 Å². The molecule has 2 aliphatic heterocycles. The quantitative estimate of drug-likeness (QED) is 0.846. The van der Waals surface area contributed by atoms with Crippen LogP contribution in [-0.2, 0) is 6.54 Å². The number of fused-ring (bicyclic) bond motifs is 1. The number of halogens is 1. The Balaban J connectivity index is 1.55. The Bertz CT molecular complexity index is 681. The van der Waals surface area contributed by atoms with E-state index in [1.54, 1.807) is 0 Å². The van der Waals surface area contributed by atoms with Gasteiger partial charge in [-0.15, -0.1) is 0 Å². The minimum absolute atomic E-state index is 0.670. The largest absolute Gasteiger partial charge is 0.302 e. The van der Waals surface area contributed by atoms with Crippen LogP contribution in [0, 0.1) is 0 Å². The van der Waals surface area contributed by atoms with Crippen LogP contribution in [0.4, 0.5) is 0 Å². The predicted octanol–water partition coefficient (Wildman–Crippen LogP) is 3.95. The molecule has 0 N–H and O–H groups in total. The number of hydrogen-bond donors (Lipinski definition) is 0. The first kappa shape index (κ1) is 15.4. The molecule has 0 bridgehead atoms. The highest BCUT2D eigenvalue weighted by Gasteiger charge is 2.28. The third kappa shape index (κ3) is 3.23. The molecule has 0 spiro atoms. The summed E-state index contributed by atoms with van der Waals surface area (Å²) in [6.45, 7) is 5.88. The maximum atomic E-state index is 6.52. The molecule has 3 heterocycles. The van der Waals surface area contributed by atoms with Gasteiger partial charge in [0.2, 0.25) is 0 Å². The van der Waals surface area contributed by atoms with Gasteiger partial charge in [0.15, 0.2) is 0 Å². The fraction of sp³-hybridized carbons (Fsp3) is 0.526. The van der Waals surface area contributed by atoms with Gasteiger partial charge in [-0.1, -0.05) is 23.7 Å². The van der Waals surface area contributed by atoms with E-state index in [0.29, 0.717) is 6.04 Å². The summed E-state index contributed by atoms with van der Waals surface area (Å²) in [4.78, 5) is 9.84. The summed E-state index contributed by atoms with van der Waals surface area (Å²) in [6, 6.07) is 8.87. The van der Waals surface area contributed by atoms with E-state index in [-0.39, 0.29) is 0 Å². The summed E-state index contributed by atoms with van der Waals surface area (Å²) >= 11 is 6.52. The summed E-state index contributed by atoms with van der Waals surface area (Å²) in [6.07, 6.45) is 7.21. The van der Waals surface area contributed by atoms with Crippen molar-refractivity contribution in [2.24, 2.45) is 0 Å². The Labute approximate surface area is 143 Å². The topological polar surface area (TPSA) is 19.4 Å². The van der Waals surface area contributed by atoms with Gasteiger partial charge in [0.1, 0.15) is 0 Å². The Morgan fingerprint density at radius 2 is 1.96 bits per heavy atom. The average molecular weight is 330 g/mol. The highest BCUT2D eigenvalue weighted by atomic mass is 35.5. The van der Waals surface area contributed by atoms with Crippen LogP contribution in [0.1, 0.15) is 31.2 Å². The third-order valence-corrected chi connectivity index (χ3v) is 5.70. The van der Waals surface area contributed by atoms with Gasteiger partial charge in [-0.3, -0.25) is 9.88 Å². The van der Waals surface area contributed by atoms with Crippen LogP contribution < -0.4 is 0 Å². The summed E-state index contributed by atoms with van der Waals surface area (Å²) in [5.74, 6) is 0. The van der Waals surface area contributed by atoms with Gasteiger partial charge >= 0.3 is 0 Å². The molecule has 0 saturated carbocycles. The standard InChI is InChI=1S/C19H24ClN3/c20-18-8-7-15-5-3-9-21-19(15)17(18)14-23-12-4-6-16(23)13-22-10-1-2-11-22/h3,5,7-9,16H,1-2,4,6,10-14H2. The first-order chi connectivity index (χ1) is 11.3. The summed E-state index contributed by atoms with van der Waals surface area (Å²) in [7, 11) is 0. The first-order valence-corrected chi connectivity index (χ1v) is 9.17. The molecule has 4 rings (SSSR count). The molecule has 23 heavy (non-hydrogen) atoms. The van der Waals surface area contributed by atoms with E-state index in [2.05, 4.69) is 26.9 Å². The second-order valence-electron chi connectivity index (χ2n) is 6.88. The number of hydrogen-bond acceptors (Lipinski definition) is 3. The normalized spacial score (nSPS) is 23.1. The Hall–Kier alpha value is -1.16. The lowest BCUT2D eigenvalue weighted by molar-refractivity contribution is 0.186. The first-order valence-electron chi connectivity index (χ1n) is 8.80. The molecule has 0 aliphatic carbocycles. The monoisotopic (exact) mass is 329 g/mol. The zero-order valence-electron chi connectivity index (χ0n) is 13.5. The van der Waals surface area contributed by atoms with Crippen molar-refractivity contribution in [1.29, 1.82) is 0 Å². The molecule has 2 fully saturated rings. The van der Waals surface area contributed by atoms with Crippen molar-refractivity contribution in [1.82, 2.24) is 14.8 Å². The van der Waals surface area contributed by atoms with E-state index in [0.717, 1.165) is 17.1 Å². The van der Waals surface area contributed by atoms with Crippen molar-refractivity contribution in [3.05, 3.63) is 41.0 Å². The van der Waals surface area contributed by atoms with Crippen LogP contribution in [0.2, 0.25) is 5.02 Å². The molecule has 1 aromatic heterocycles. The minimum atomic E-state index is 0.670. The molecule has 3 nitrogen and oxygen atoms in total. The van der Waals surface area contributed by atoms with Crippen molar-refractivity contribution < 1.29 is 0 Å². The number of aromatic nitrogens is 1. The average Bonchev–Trinajstić information content (AvgIpc) is 3.23. The minimum Gasteiger partial charge on any atom is -0.302 e. The van der Waals surface area contributed by atoms with Gasteiger partial charge in [-0.2, -0.15) is 0 Å². The van der Waals surface area contributed by atoms with Gasteiger partial charge in [0.25, 0.3) is 0 Å². The molecule has 1 aromatic carbocycles. The van der Waals surface area contributed by atoms with Gasteiger partial charge in [0, 0.05) is 41.3 Å². The van der Waals surface area contributed by atoms with Crippen LogP contribution in [-0.4, -0.2) is 47.0 Å². The van der Waals surface area contributed by atoms with E-state index >= 15 is 0 Å². The zero-order valence-corrected chi connectivity index (χ0v) is 14.3. The molecule has 0 radical (unpaired) electrons. The molecule has 1 atom stereocenters. The van der Waals surface area contributed by atoms with Crippen LogP contribution in [0.3, 0.4) is 0 Å². The van der Waals surface area contributed by atoms with Crippen molar-refractivity contribution >= 4 is 22.5 Å². The lowest BCUT2D eigenvalue weighted by Crippen LogP contribution is -2.39. The fourth-order valence-corrected chi connectivity index (χ4v) is 4.32. The van der Waals surface area contributed by atoms with Crippen molar-refractivity contribution in [2.45, 2.75) is 38.3 Å². The van der Waals surface area contributed by atoms with Gasteiger partial charge < -0.3 is 4.90 Å². The van der Waals surface area contributed by atoms with Crippen LogP contribution in [0.5, 0.6) is 0 Å². The molecule has 2 aliphatic rings. The van der Waals surface area contributed by atoms with Gasteiger partial charge in [-0.25, -0.2) is 0 Å². The molecule has 4 heteroatoms. The summed E-state index contributed by atoms with van der Waals surface area (Å²) in [5.41, 5.74) is 2.25. The molecular formula is C19H24ClN3. The number of rotatable bonds is 4. The highest BCUT2D eigenvalue weighted by molar-refractivity contribution is 6.32. The Morgan fingerprint density at radius 3 is 2.83 bits per heavy atom. The Morgan fingerprint density at radius 1 is 1.09 bits per heavy atom. The molecule has 0 amide bonds. The van der Waals surface area contributed by atoms with E-state index in [1.165, 1.54) is 62.8 Å². The lowest BCUT2D eigenvalue weighted by Gasteiger charge is -2.29. The molecule has 2 saturated heterocycles. The summed E-state index contributed by atoms with van der Waals surface area (Å²) < 4.78 is 0. The molecule has 1 unspecified atom stereocenters. The number of nitrogens with zero attached hydrogens (tertiary/aromatic N) is 3. The third-order valence-electron chi connectivity index (χ3n) is 5.35. The van der Waals surface area contributed by atoms with Crippen molar-refractivity contribution in [3.8, 4) is 0 Å². The fourth-order valence-electron chi connectivity index (χ4n) is 4.11. The maximum Gasteiger partial charge on any atom is 0.0761 e. The van der Waals surface area contributed by atoms with Gasteiger partial charge in [-0.05, 0) is 57.5 Å². The van der Waals surface area contributed by atoms with E-state index in [1.807, 2.05) is 18.3 Å². The molecule has 2 aromatic rings. The number of pyridine rings is 1. The van der Waals surface area contributed by atoms with E-state index < -0.39 is 0 Å². The zero-order chi connectivity index (χ0) is 15.6. The number of likely N-dealkylation sites (tertiary alicyclic amines) is 2. The highest BCUT2D eigenvalue weighted by Crippen LogP contribution is 2.29. The maximum absolute atomic E-state index is 6.52. The van der Waals surface area contributed by atoms with Crippen LogP contribution in [0.15, 0.2) is 30.5 Å². The second kappa shape index (κ2) is 6.76. The van der Waals surface area contributed by atoms with Gasteiger partial charge in [0.05, 0.1) is 5.52 Å². The molecule has 122 valence electrons. The molecular weight excluding hydrogens is 306 g/mol. The van der Waals surface area contributed by atoms with E-state index in [4.69, 9.17) is 11.6 Å². The Kier molecular flexibility index (Phi) is 4.52. The predicted molar refractivity (Wildman–Crippen MR) is 95.9 cm³/mol.